The summed E-state index contributed by atoms with van der Waals surface area (Å²) in [5.41, 5.74) is 7.39. The smallest absolute Gasteiger partial charge is 0.253 e. The van der Waals surface area contributed by atoms with Crippen LogP contribution in [0.2, 0.25) is 0 Å². The fourth-order valence-corrected chi connectivity index (χ4v) is 2.16. The van der Waals surface area contributed by atoms with Gasteiger partial charge in [-0.05, 0) is 25.5 Å². The molecule has 0 saturated carbocycles. The van der Waals surface area contributed by atoms with Gasteiger partial charge in [-0.2, -0.15) is 0 Å². The van der Waals surface area contributed by atoms with Gasteiger partial charge in [0.2, 0.25) is 0 Å². The highest BCUT2D eigenvalue weighted by Gasteiger charge is 2.15. The summed E-state index contributed by atoms with van der Waals surface area (Å²) in [6.07, 6.45) is 3.87. The maximum atomic E-state index is 12.5. The van der Waals surface area contributed by atoms with E-state index in [1.54, 1.807) is 0 Å². The quantitative estimate of drug-likeness (QED) is 0.590. The first-order chi connectivity index (χ1) is 9.54. The summed E-state index contributed by atoms with van der Waals surface area (Å²) < 4.78 is 0. The van der Waals surface area contributed by atoms with E-state index >= 15 is 0 Å². The molecule has 20 heavy (non-hydrogen) atoms. The molecule has 0 atom stereocenters. The number of carbonyl (C=O) groups excluding carboxylic acids is 1. The minimum Gasteiger partial charge on any atom is -0.393 e. The van der Waals surface area contributed by atoms with Gasteiger partial charge in [0, 0.05) is 25.1 Å². The van der Waals surface area contributed by atoms with E-state index in [1.807, 2.05) is 36.1 Å². The average molecular weight is 292 g/mol. The number of nitrogens with two attached hydrogens (primary N) is 1. The number of benzene rings is 1. The van der Waals surface area contributed by atoms with E-state index in [1.165, 1.54) is 0 Å². The second-order valence-corrected chi connectivity index (χ2v) is 5.61. The number of carbonyl (C=O) groups is 1. The maximum absolute atomic E-state index is 12.5. The summed E-state index contributed by atoms with van der Waals surface area (Å²) in [5, 5.41) is 0. The largest absolute Gasteiger partial charge is 0.393 e. The lowest BCUT2D eigenvalue weighted by molar-refractivity contribution is 0.0757. The number of rotatable bonds is 8. The second-order valence-electron chi connectivity index (χ2n) is 5.09. The van der Waals surface area contributed by atoms with Crippen molar-refractivity contribution in [3.05, 3.63) is 35.4 Å². The zero-order valence-corrected chi connectivity index (χ0v) is 13.2. The summed E-state index contributed by atoms with van der Waals surface area (Å²) in [4.78, 5) is 14.9. The lowest BCUT2D eigenvalue weighted by Crippen LogP contribution is -2.34. The van der Waals surface area contributed by atoms with Crippen LogP contribution >= 0.6 is 12.2 Å². The Labute approximate surface area is 127 Å². The fourth-order valence-electron chi connectivity index (χ4n) is 2.07. The number of nitrogens with zero attached hydrogens (tertiary/aromatic N) is 1. The lowest BCUT2D eigenvalue weighted by Gasteiger charge is -2.22. The number of amides is 1. The number of unbranched alkanes of at least 4 members (excludes halogenated alkanes) is 2. The molecule has 0 aliphatic heterocycles. The molecule has 0 spiro atoms. The number of aryl methyl sites for hydroxylation is 1. The topological polar surface area (TPSA) is 46.3 Å². The van der Waals surface area contributed by atoms with Crippen LogP contribution < -0.4 is 5.73 Å². The van der Waals surface area contributed by atoms with Crippen molar-refractivity contribution in [3.63, 3.8) is 0 Å². The zero-order valence-electron chi connectivity index (χ0n) is 12.4. The van der Waals surface area contributed by atoms with Crippen molar-refractivity contribution in [2.24, 2.45) is 5.73 Å². The average Bonchev–Trinajstić information content (AvgIpc) is 2.41. The van der Waals surface area contributed by atoms with Gasteiger partial charge < -0.3 is 10.6 Å². The Bertz CT molecular complexity index is 460. The Morgan fingerprint density at radius 1 is 1.30 bits per heavy atom. The molecule has 0 heterocycles. The molecule has 0 aliphatic rings. The molecule has 0 bridgehead atoms. The summed E-state index contributed by atoms with van der Waals surface area (Å²) in [5.74, 6) is 0.0704. The minimum atomic E-state index is 0.0704. The summed E-state index contributed by atoms with van der Waals surface area (Å²) in [7, 11) is 0. The molecule has 0 aromatic heterocycles. The third-order valence-electron chi connectivity index (χ3n) is 3.21. The maximum Gasteiger partial charge on any atom is 0.253 e. The Balaban J connectivity index is 2.74. The van der Waals surface area contributed by atoms with Crippen LogP contribution in [-0.2, 0) is 0 Å². The van der Waals surface area contributed by atoms with Gasteiger partial charge in [0.05, 0.1) is 4.99 Å². The molecule has 0 fully saturated rings. The van der Waals surface area contributed by atoms with E-state index in [9.17, 15) is 4.79 Å². The molecule has 110 valence electrons. The van der Waals surface area contributed by atoms with E-state index in [-0.39, 0.29) is 5.91 Å². The number of thiocarbonyl (C=S) groups is 1. The van der Waals surface area contributed by atoms with Crippen LogP contribution in [0.25, 0.3) is 0 Å². The normalized spacial score (nSPS) is 10.3. The van der Waals surface area contributed by atoms with Gasteiger partial charge in [0.15, 0.2) is 0 Å². The molecule has 0 unspecified atom stereocenters. The van der Waals surface area contributed by atoms with Crippen LogP contribution in [-0.4, -0.2) is 28.9 Å². The van der Waals surface area contributed by atoms with E-state index < -0.39 is 0 Å². The molecule has 0 saturated heterocycles. The van der Waals surface area contributed by atoms with Crippen molar-refractivity contribution in [1.29, 1.82) is 0 Å². The minimum absolute atomic E-state index is 0.0704. The molecular weight excluding hydrogens is 268 g/mol. The molecule has 1 amide bonds. The van der Waals surface area contributed by atoms with Crippen molar-refractivity contribution in [3.8, 4) is 0 Å². The van der Waals surface area contributed by atoms with Crippen LogP contribution in [0.4, 0.5) is 0 Å². The summed E-state index contributed by atoms with van der Waals surface area (Å²) in [6, 6.07) is 7.70. The van der Waals surface area contributed by atoms with Crippen molar-refractivity contribution >= 4 is 23.1 Å². The molecule has 4 heteroatoms. The Kier molecular flexibility index (Phi) is 7.23. The molecule has 1 aromatic rings. The SMILES string of the molecule is CCCCCN(CCC(N)=S)C(=O)c1cccc(C)c1. The summed E-state index contributed by atoms with van der Waals surface area (Å²) in [6.45, 7) is 5.52. The second kappa shape index (κ2) is 8.69. The van der Waals surface area contributed by atoms with E-state index in [0.29, 0.717) is 18.0 Å². The van der Waals surface area contributed by atoms with Gasteiger partial charge in [-0.1, -0.05) is 49.7 Å². The zero-order chi connectivity index (χ0) is 15.0. The molecule has 0 aliphatic carbocycles. The van der Waals surface area contributed by atoms with Crippen LogP contribution in [0, 0.1) is 6.92 Å². The van der Waals surface area contributed by atoms with Crippen molar-refractivity contribution in [2.75, 3.05) is 13.1 Å². The van der Waals surface area contributed by atoms with E-state index in [4.69, 9.17) is 18.0 Å². The molecule has 3 nitrogen and oxygen atoms in total. The Hall–Kier alpha value is -1.42. The molecule has 1 rings (SSSR count). The highest BCUT2D eigenvalue weighted by atomic mass is 32.1. The van der Waals surface area contributed by atoms with Crippen molar-refractivity contribution < 1.29 is 4.79 Å². The highest BCUT2D eigenvalue weighted by molar-refractivity contribution is 7.80. The van der Waals surface area contributed by atoms with Gasteiger partial charge in [-0.25, -0.2) is 0 Å². The lowest BCUT2D eigenvalue weighted by atomic mass is 10.1. The predicted molar refractivity (Wildman–Crippen MR) is 88.0 cm³/mol. The fraction of sp³-hybridized carbons (Fsp3) is 0.500. The molecule has 0 radical (unpaired) electrons. The Morgan fingerprint density at radius 2 is 2.05 bits per heavy atom. The molecular formula is C16H24N2OS. The third kappa shape index (κ3) is 5.70. The molecule has 1 aromatic carbocycles. The van der Waals surface area contributed by atoms with E-state index in [2.05, 4.69) is 6.92 Å². The van der Waals surface area contributed by atoms with Crippen LogP contribution in [0.15, 0.2) is 24.3 Å². The van der Waals surface area contributed by atoms with Gasteiger partial charge in [-0.15, -0.1) is 0 Å². The standard InChI is InChI=1S/C16H24N2OS/c1-3-4-5-10-18(11-9-15(17)20)16(19)14-8-6-7-13(2)12-14/h6-8,12H,3-5,9-11H2,1-2H3,(H2,17,20). The first-order valence-electron chi connectivity index (χ1n) is 7.19. The third-order valence-corrected chi connectivity index (χ3v) is 3.42. The van der Waals surface area contributed by atoms with Gasteiger partial charge >= 0.3 is 0 Å². The van der Waals surface area contributed by atoms with Crippen molar-refractivity contribution in [2.45, 2.75) is 39.5 Å². The first kappa shape index (κ1) is 16.6. The van der Waals surface area contributed by atoms with Crippen LogP contribution in [0.1, 0.15) is 48.5 Å². The Morgan fingerprint density at radius 3 is 2.65 bits per heavy atom. The van der Waals surface area contributed by atoms with Crippen LogP contribution in [0.5, 0.6) is 0 Å². The van der Waals surface area contributed by atoms with Crippen molar-refractivity contribution in [1.82, 2.24) is 4.90 Å². The van der Waals surface area contributed by atoms with Gasteiger partial charge in [0.1, 0.15) is 0 Å². The van der Waals surface area contributed by atoms with E-state index in [0.717, 1.165) is 36.9 Å². The molecule has 2 N–H and O–H groups in total. The number of hydrogen-bond acceptors (Lipinski definition) is 2. The monoisotopic (exact) mass is 292 g/mol. The summed E-state index contributed by atoms with van der Waals surface area (Å²) >= 11 is 4.91. The predicted octanol–water partition coefficient (Wildman–Crippen LogP) is 3.30. The number of hydrogen-bond donors (Lipinski definition) is 1. The highest BCUT2D eigenvalue weighted by Crippen LogP contribution is 2.10. The first-order valence-corrected chi connectivity index (χ1v) is 7.59. The van der Waals surface area contributed by atoms with Crippen LogP contribution in [0.3, 0.4) is 0 Å². The van der Waals surface area contributed by atoms with Gasteiger partial charge in [-0.3, -0.25) is 4.79 Å². The van der Waals surface area contributed by atoms with Gasteiger partial charge in [0.25, 0.3) is 5.91 Å².